The van der Waals surface area contributed by atoms with Gasteiger partial charge < -0.3 is 15.2 Å². The van der Waals surface area contributed by atoms with Crippen LogP contribution in [0.1, 0.15) is 22.6 Å². The van der Waals surface area contributed by atoms with Crippen molar-refractivity contribution in [2.45, 2.75) is 19.4 Å². The van der Waals surface area contributed by atoms with Gasteiger partial charge in [0.1, 0.15) is 5.82 Å². The van der Waals surface area contributed by atoms with E-state index in [1.807, 2.05) is 30.0 Å². The van der Waals surface area contributed by atoms with Gasteiger partial charge in [0.15, 0.2) is 0 Å². The average Bonchev–Trinajstić information content (AvgIpc) is 3.07. The molecule has 4 rings (SSSR count). The summed E-state index contributed by atoms with van der Waals surface area (Å²) in [5.74, 6) is 1.23. The number of carbonyl (C=O) groups is 2. The molecule has 1 aromatic heterocycles. The summed E-state index contributed by atoms with van der Waals surface area (Å²) in [5.41, 5.74) is 2.41. The summed E-state index contributed by atoms with van der Waals surface area (Å²) in [5, 5.41) is 2.94. The lowest BCUT2D eigenvalue weighted by Crippen LogP contribution is -2.35. The van der Waals surface area contributed by atoms with E-state index in [1.54, 1.807) is 0 Å². The van der Waals surface area contributed by atoms with Gasteiger partial charge in [0.05, 0.1) is 17.1 Å². The molecule has 3 heterocycles. The predicted octanol–water partition coefficient (Wildman–Crippen LogP) is 0.832. The van der Waals surface area contributed by atoms with E-state index in [2.05, 4.69) is 15.3 Å². The minimum absolute atomic E-state index is 0.0211. The lowest BCUT2D eigenvalue weighted by atomic mass is 10.1. The molecule has 1 aromatic carbocycles. The van der Waals surface area contributed by atoms with Gasteiger partial charge in [0, 0.05) is 31.0 Å². The molecule has 0 spiro atoms. The third kappa shape index (κ3) is 1.98. The molecule has 2 N–H and O–H groups in total. The summed E-state index contributed by atoms with van der Waals surface area (Å²) in [6.07, 6.45) is 0.535. The second kappa shape index (κ2) is 4.31. The van der Waals surface area contributed by atoms with E-state index in [1.165, 1.54) is 0 Å². The number of nitrogens with one attached hydrogen (secondary N) is 2. The highest BCUT2D eigenvalue weighted by molar-refractivity contribution is 5.97. The van der Waals surface area contributed by atoms with Crippen molar-refractivity contribution in [1.82, 2.24) is 20.2 Å². The van der Waals surface area contributed by atoms with Crippen molar-refractivity contribution in [2.75, 3.05) is 13.1 Å². The van der Waals surface area contributed by atoms with Crippen molar-refractivity contribution < 1.29 is 9.59 Å². The van der Waals surface area contributed by atoms with E-state index in [4.69, 9.17) is 0 Å². The SMILES string of the molecule is Cc1nc2ccc(C(=O)N3C[C@@H]4CC(=O)N[C@@H]4C3)cc2[nH]1. The van der Waals surface area contributed by atoms with Crippen molar-refractivity contribution in [3.63, 3.8) is 0 Å². The molecule has 6 nitrogen and oxygen atoms in total. The molecule has 0 radical (unpaired) electrons. The van der Waals surface area contributed by atoms with Crippen LogP contribution in [0.25, 0.3) is 11.0 Å². The van der Waals surface area contributed by atoms with Crippen molar-refractivity contribution in [2.24, 2.45) is 5.92 Å². The zero-order valence-corrected chi connectivity index (χ0v) is 11.7. The molecular formula is C15H16N4O2. The van der Waals surface area contributed by atoms with Gasteiger partial charge in [-0.05, 0) is 25.1 Å². The summed E-state index contributed by atoms with van der Waals surface area (Å²) < 4.78 is 0. The van der Waals surface area contributed by atoms with Crippen molar-refractivity contribution in [1.29, 1.82) is 0 Å². The third-order valence-corrected chi connectivity index (χ3v) is 4.37. The van der Waals surface area contributed by atoms with Crippen LogP contribution in [-0.4, -0.2) is 45.8 Å². The van der Waals surface area contributed by atoms with Crippen molar-refractivity contribution in [3.8, 4) is 0 Å². The van der Waals surface area contributed by atoms with Crippen LogP contribution < -0.4 is 5.32 Å². The van der Waals surface area contributed by atoms with Crippen LogP contribution in [0.15, 0.2) is 18.2 Å². The fraction of sp³-hybridized carbons (Fsp3) is 0.400. The Morgan fingerprint density at radius 1 is 1.38 bits per heavy atom. The minimum Gasteiger partial charge on any atom is -0.351 e. The van der Waals surface area contributed by atoms with Crippen molar-refractivity contribution in [3.05, 3.63) is 29.6 Å². The molecule has 2 amide bonds. The highest BCUT2D eigenvalue weighted by Crippen LogP contribution is 2.27. The maximum absolute atomic E-state index is 12.6. The molecule has 2 saturated heterocycles. The van der Waals surface area contributed by atoms with E-state index in [9.17, 15) is 9.59 Å². The number of imidazole rings is 1. The number of H-pyrrole nitrogens is 1. The van der Waals surface area contributed by atoms with Gasteiger partial charge in [-0.3, -0.25) is 9.59 Å². The number of nitrogens with zero attached hydrogens (tertiary/aromatic N) is 2. The number of rotatable bonds is 1. The zero-order chi connectivity index (χ0) is 14.6. The van der Waals surface area contributed by atoms with Crippen LogP contribution >= 0.6 is 0 Å². The van der Waals surface area contributed by atoms with Crippen molar-refractivity contribution >= 4 is 22.8 Å². The number of likely N-dealkylation sites (tertiary alicyclic amines) is 1. The van der Waals surface area contributed by atoms with E-state index in [0.717, 1.165) is 16.9 Å². The summed E-state index contributed by atoms with van der Waals surface area (Å²) in [4.78, 5) is 33.2. The van der Waals surface area contributed by atoms with Gasteiger partial charge in [-0.2, -0.15) is 0 Å². The first kappa shape index (κ1) is 12.4. The highest BCUT2D eigenvalue weighted by Gasteiger charge is 2.41. The number of hydrogen-bond acceptors (Lipinski definition) is 3. The van der Waals surface area contributed by atoms with Crippen LogP contribution in [0.4, 0.5) is 0 Å². The molecular weight excluding hydrogens is 268 g/mol. The monoisotopic (exact) mass is 284 g/mol. The Hall–Kier alpha value is -2.37. The quantitative estimate of drug-likeness (QED) is 0.814. The van der Waals surface area contributed by atoms with Gasteiger partial charge in [-0.15, -0.1) is 0 Å². The molecule has 21 heavy (non-hydrogen) atoms. The summed E-state index contributed by atoms with van der Waals surface area (Å²) in [7, 11) is 0. The number of fused-ring (bicyclic) bond motifs is 2. The smallest absolute Gasteiger partial charge is 0.254 e. The number of aromatic nitrogens is 2. The first-order chi connectivity index (χ1) is 10.1. The zero-order valence-electron chi connectivity index (χ0n) is 11.7. The lowest BCUT2D eigenvalue weighted by Gasteiger charge is -2.17. The molecule has 2 aromatic rings. The van der Waals surface area contributed by atoms with Crippen LogP contribution in [-0.2, 0) is 4.79 Å². The van der Waals surface area contributed by atoms with Gasteiger partial charge >= 0.3 is 0 Å². The highest BCUT2D eigenvalue weighted by atomic mass is 16.2. The molecule has 2 atom stereocenters. The molecule has 0 aliphatic carbocycles. The molecule has 0 saturated carbocycles. The largest absolute Gasteiger partial charge is 0.351 e. The number of hydrogen-bond donors (Lipinski definition) is 2. The molecule has 6 heteroatoms. The first-order valence-electron chi connectivity index (χ1n) is 7.15. The van der Waals surface area contributed by atoms with E-state index in [0.29, 0.717) is 25.1 Å². The van der Waals surface area contributed by atoms with Crippen LogP contribution in [0, 0.1) is 12.8 Å². The Balaban J connectivity index is 1.58. The molecule has 2 aliphatic rings. The molecule has 108 valence electrons. The summed E-state index contributed by atoms with van der Waals surface area (Å²) in [6.45, 7) is 3.16. The summed E-state index contributed by atoms with van der Waals surface area (Å²) in [6, 6.07) is 5.66. The number of aromatic amines is 1. The van der Waals surface area contributed by atoms with Gasteiger partial charge in [0.2, 0.25) is 5.91 Å². The molecule has 0 unspecified atom stereocenters. The minimum atomic E-state index is 0.0211. The Morgan fingerprint density at radius 2 is 2.24 bits per heavy atom. The Morgan fingerprint density at radius 3 is 3.05 bits per heavy atom. The van der Waals surface area contributed by atoms with E-state index < -0.39 is 0 Å². The molecule has 2 fully saturated rings. The maximum Gasteiger partial charge on any atom is 0.254 e. The third-order valence-electron chi connectivity index (χ3n) is 4.37. The van der Waals surface area contributed by atoms with E-state index in [-0.39, 0.29) is 23.8 Å². The first-order valence-corrected chi connectivity index (χ1v) is 7.15. The van der Waals surface area contributed by atoms with Gasteiger partial charge in [0.25, 0.3) is 5.91 Å². The normalized spacial score (nSPS) is 24.4. The predicted molar refractivity (Wildman–Crippen MR) is 76.8 cm³/mol. The maximum atomic E-state index is 12.6. The Labute approximate surface area is 121 Å². The Kier molecular flexibility index (Phi) is 2.54. The fourth-order valence-corrected chi connectivity index (χ4v) is 3.36. The topological polar surface area (TPSA) is 78.1 Å². The number of benzene rings is 1. The average molecular weight is 284 g/mol. The fourth-order valence-electron chi connectivity index (χ4n) is 3.36. The second-order valence-electron chi connectivity index (χ2n) is 5.90. The van der Waals surface area contributed by atoms with Crippen LogP contribution in [0.2, 0.25) is 0 Å². The van der Waals surface area contributed by atoms with Gasteiger partial charge in [-0.25, -0.2) is 4.98 Å². The number of aryl methyl sites for hydroxylation is 1. The standard InChI is InChI=1S/C15H16N4O2/c1-8-16-11-3-2-9(4-12(11)17-8)15(21)19-6-10-5-14(20)18-13(10)7-19/h2-4,10,13H,5-7H2,1H3,(H,16,17)(H,18,20)/t10-,13+/m0/s1. The molecule has 0 bridgehead atoms. The second-order valence-corrected chi connectivity index (χ2v) is 5.90. The number of amides is 2. The lowest BCUT2D eigenvalue weighted by molar-refractivity contribution is -0.119. The molecule has 2 aliphatic heterocycles. The van der Waals surface area contributed by atoms with Crippen LogP contribution in [0.3, 0.4) is 0 Å². The van der Waals surface area contributed by atoms with E-state index >= 15 is 0 Å². The summed E-state index contributed by atoms with van der Waals surface area (Å²) >= 11 is 0. The van der Waals surface area contributed by atoms with Gasteiger partial charge in [-0.1, -0.05) is 0 Å². The van der Waals surface area contributed by atoms with Crippen LogP contribution in [0.5, 0.6) is 0 Å². The Bertz CT molecular complexity index is 735. The number of carbonyl (C=O) groups excluding carboxylic acids is 2.